The number of fused-ring (bicyclic) bond motifs is 10. The highest BCUT2D eigenvalue weighted by atomic mass is 16.4. The van der Waals surface area contributed by atoms with Gasteiger partial charge >= 0.3 is 0 Å². The van der Waals surface area contributed by atoms with Crippen LogP contribution in [0.15, 0.2) is 171 Å². The van der Waals surface area contributed by atoms with Crippen LogP contribution < -0.4 is 0 Å². The highest BCUT2D eigenvalue weighted by Crippen LogP contribution is 2.50. The molecule has 0 N–H and O–H groups in total. The number of furan rings is 3. The predicted molar refractivity (Wildman–Crippen MR) is 202 cm³/mol. The Balaban J connectivity index is 1.31. The normalized spacial score (nSPS) is 12.1. The Morgan fingerprint density at radius 2 is 0.857 bits per heavy atom. The van der Waals surface area contributed by atoms with E-state index in [2.05, 4.69) is 115 Å². The molecule has 3 heteroatoms. The molecule has 8 aromatic carbocycles. The lowest BCUT2D eigenvalue weighted by atomic mass is 9.84. The van der Waals surface area contributed by atoms with Crippen LogP contribution in [0.5, 0.6) is 0 Å². The van der Waals surface area contributed by atoms with Crippen molar-refractivity contribution in [1.82, 2.24) is 0 Å². The van der Waals surface area contributed by atoms with Crippen molar-refractivity contribution >= 4 is 76.4 Å². The average Bonchev–Trinajstić information content (AvgIpc) is 3.87. The van der Waals surface area contributed by atoms with E-state index in [-0.39, 0.29) is 0 Å². The summed E-state index contributed by atoms with van der Waals surface area (Å²) >= 11 is 0. The Kier molecular flexibility index (Phi) is 5.38. The highest BCUT2D eigenvalue weighted by molar-refractivity contribution is 6.30. The van der Waals surface area contributed by atoms with Gasteiger partial charge in [-0.1, -0.05) is 127 Å². The van der Waals surface area contributed by atoms with E-state index >= 15 is 0 Å². The van der Waals surface area contributed by atoms with Gasteiger partial charge in [0.05, 0.1) is 0 Å². The van der Waals surface area contributed by atoms with E-state index in [0.717, 1.165) is 77.3 Å². The minimum Gasteiger partial charge on any atom is -0.456 e. The van der Waals surface area contributed by atoms with Gasteiger partial charge in [-0.2, -0.15) is 0 Å². The lowest BCUT2D eigenvalue weighted by molar-refractivity contribution is 0.611. The first-order valence-corrected chi connectivity index (χ1v) is 16.6. The molecule has 0 aliphatic carbocycles. The molecule has 0 saturated heterocycles. The van der Waals surface area contributed by atoms with E-state index in [1.54, 1.807) is 0 Å². The van der Waals surface area contributed by atoms with Crippen LogP contribution in [-0.2, 0) is 0 Å². The zero-order chi connectivity index (χ0) is 32.1. The molecule has 3 heterocycles. The molecular weight excluding hydrogens is 601 g/mol. The van der Waals surface area contributed by atoms with Crippen LogP contribution in [0.25, 0.3) is 110 Å². The van der Waals surface area contributed by atoms with Crippen LogP contribution in [0.1, 0.15) is 0 Å². The van der Waals surface area contributed by atoms with Gasteiger partial charge in [0.25, 0.3) is 0 Å². The molecule has 0 saturated carbocycles. The standard InChI is InChI=1S/C46H26O3/c1-2-13-27(14-3-1)40-26-28-25-36(44-34-20-9-11-23-38(34)48-46(44)45(28)49-40)42-31-17-6-4-15-29(31)41(30-16-5-7-18-32(30)42)35-21-12-24-39-43(35)33-19-8-10-22-37(33)47-39/h1-26H. The van der Waals surface area contributed by atoms with Crippen molar-refractivity contribution in [2.75, 3.05) is 0 Å². The van der Waals surface area contributed by atoms with Crippen LogP contribution in [0.4, 0.5) is 0 Å². The van der Waals surface area contributed by atoms with E-state index in [9.17, 15) is 0 Å². The Hall–Kier alpha value is -6.58. The first kappa shape index (κ1) is 26.5. The van der Waals surface area contributed by atoms with Crippen LogP contribution >= 0.6 is 0 Å². The van der Waals surface area contributed by atoms with E-state index in [4.69, 9.17) is 13.3 Å². The van der Waals surface area contributed by atoms with Crippen molar-refractivity contribution in [2.24, 2.45) is 0 Å². The fraction of sp³-hybridized carbons (Fsp3) is 0. The number of hydrogen-bond acceptors (Lipinski definition) is 3. The van der Waals surface area contributed by atoms with Crippen molar-refractivity contribution in [3.63, 3.8) is 0 Å². The van der Waals surface area contributed by atoms with Crippen molar-refractivity contribution < 1.29 is 13.3 Å². The predicted octanol–water partition coefficient (Wildman–Crippen LogP) is 13.5. The van der Waals surface area contributed by atoms with E-state index in [0.29, 0.717) is 0 Å². The Morgan fingerprint density at radius 1 is 0.327 bits per heavy atom. The zero-order valence-corrected chi connectivity index (χ0v) is 26.2. The van der Waals surface area contributed by atoms with Crippen LogP contribution in [-0.4, -0.2) is 0 Å². The van der Waals surface area contributed by atoms with Crippen LogP contribution in [0.2, 0.25) is 0 Å². The molecule has 228 valence electrons. The summed E-state index contributed by atoms with van der Waals surface area (Å²) in [6.45, 7) is 0. The molecule has 3 nitrogen and oxygen atoms in total. The molecule has 0 unspecified atom stereocenters. The fourth-order valence-electron chi connectivity index (χ4n) is 8.02. The molecule has 49 heavy (non-hydrogen) atoms. The van der Waals surface area contributed by atoms with Gasteiger partial charge in [-0.15, -0.1) is 0 Å². The quantitative estimate of drug-likeness (QED) is 0.183. The second kappa shape index (κ2) is 9.96. The fourth-order valence-corrected chi connectivity index (χ4v) is 8.02. The molecule has 0 spiro atoms. The third-order valence-electron chi connectivity index (χ3n) is 10.1. The average molecular weight is 627 g/mol. The van der Waals surface area contributed by atoms with Crippen LogP contribution in [0, 0.1) is 0 Å². The van der Waals surface area contributed by atoms with E-state index in [1.807, 2.05) is 42.5 Å². The Bertz CT molecular complexity index is 3040. The Morgan fingerprint density at radius 3 is 1.53 bits per heavy atom. The monoisotopic (exact) mass is 626 g/mol. The van der Waals surface area contributed by atoms with Gasteiger partial charge in [0.2, 0.25) is 0 Å². The summed E-state index contributed by atoms with van der Waals surface area (Å²) in [5.41, 5.74) is 9.86. The van der Waals surface area contributed by atoms with Crippen molar-refractivity contribution in [2.45, 2.75) is 0 Å². The molecular formula is C46H26O3. The topological polar surface area (TPSA) is 39.4 Å². The summed E-state index contributed by atoms with van der Waals surface area (Å²) in [4.78, 5) is 0. The summed E-state index contributed by atoms with van der Waals surface area (Å²) in [5, 5.41) is 10.1. The summed E-state index contributed by atoms with van der Waals surface area (Å²) in [5.74, 6) is 0.819. The maximum absolute atomic E-state index is 6.67. The summed E-state index contributed by atoms with van der Waals surface area (Å²) in [6, 6.07) is 55.4. The van der Waals surface area contributed by atoms with E-state index in [1.165, 1.54) is 32.7 Å². The van der Waals surface area contributed by atoms with Gasteiger partial charge in [0.1, 0.15) is 22.5 Å². The number of rotatable bonds is 3. The summed E-state index contributed by atoms with van der Waals surface area (Å²) in [7, 11) is 0. The number of hydrogen-bond donors (Lipinski definition) is 0. The molecule has 0 amide bonds. The maximum atomic E-state index is 6.67. The molecule has 0 fully saturated rings. The van der Waals surface area contributed by atoms with Crippen molar-refractivity contribution in [3.8, 4) is 33.6 Å². The van der Waals surface area contributed by atoms with Gasteiger partial charge in [-0.05, 0) is 74.1 Å². The van der Waals surface area contributed by atoms with Crippen molar-refractivity contribution in [3.05, 3.63) is 158 Å². The minimum absolute atomic E-state index is 0.762. The van der Waals surface area contributed by atoms with Gasteiger partial charge in [0, 0.05) is 32.5 Å². The summed E-state index contributed by atoms with van der Waals surface area (Å²) in [6.07, 6.45) is 0. The maximum Gasteiger partial charge on any atom is 0.179 e. The molecule has 0 bridgehead atoms. The smallest absolute Gasteiger partial charge is 0.179 e. The molecule has 11 rings (SSSR count). The van der Waals surface area contributed by atoms with Crippen LogP contribution in [0.3, 0.4) is 0 Å². The minimum atomic E-state index is 0.762. The first-order chi connectivity index (χ1) is 24.3. The third-order valence-corrected chi connectivity index (χ3v) is 10.1. The molecule has 0 radical (unpaired) electrons. The molecule has 11 aromatic rings. The second-order valence-electron chi connectivity index (χ2n) is 12.7. The first-order valence-electron chi connectivity index (χ1n) is 16.6. The highest BCUT2D eigenvalue weighted by Gasteiger charge is 2.25. The zero-order valence-electron chi connectivity index (χ0n) is 26.2. The van der Waals surface area contributed by atoms with Gasteiger partial charge in [-0.3, -0.25) is 0 Å². The van der Waals surface area contributed by atoms with Gasteiger partial charge in [-0.25, -0.2) is 0 Å². The molecule has 0 aliphatic rings. The largest absolute Gasteiger partial charge is 0.456 e. The van der Waals surface area contributed by atoms with Gasteiger partial charge in [0.15, 0.2) is 11.2 Å². The van der Waals surface area contributed by atoms with Crippen molar-refractivity contribution in [1.29, 1.82) is 0 Å². The second-order valence-corrected chi connectivity index (χ2v) is 12.7. The number of para-hydroxylation sites is 2. The lowest BCUT2D eigenvalue weighted by Crippen LogP contribution is -1.92. The third kappa shape index (κ3) is 3.73. The molecule has 0 atom stereocenters. The molecule has 3 aromatic heterocycles. The molecule has 0 aliphatic heterocycles. The lowest BCUT2D eigenvalue weighted by Gasteiger charge is -2.19. The van der Waals surface area contributed by atoms with Gasteiger partial charge < -0.3 is 13.3 Å². The van der Waals surface area contributed by atoms with E-state index < -0.39 is 0 Å². The SMILES string of the molecule is c1ccc(-c2cc3cc(-c4c5ccccc5c(-c5cccc6oc7ccccc7c56)c5ccccc45)c4c5ccccc5oc4c3o2)cc1. The Labute approximate surface area is 280 Å². The number of benzene rings is 8. The summed E-state index contributed by atoms with van der Waals surface area (Å²) < 4.78 is 19.6.